The Balaban J connectivity index is 1.91. The van der Waals surface area contributed by atoms with E-state index in [4.69, 9.17) is 4.98 Å². The minimum absolute atomic E-state index is 0.161. The van der Waals surface area contributed by atoms with Crippen LogP contribution in [-0.4, -0.2) is 11.0 Å². The third-order valence-electron chi connectivity index (χ3n) is 4.93. The van der Waals surface area contributed by atoms with Crippen LogP contribution in [-0.2, 0) is 18.4 Å². The van der Waals surface area contributed by atoms with E-state index in [-0.39, 0.29) is 5.54 Å². The highest BCUT2D eigenvalue weighted by Crippen LogP contribution is 2.42. The van der Waals surface area contributed by atoms with Gasteiger partial charge < -0.3 is 5.32 Å². The second kappa shape index (κ2) is 5.76. The Labute approximate surface area is 127 Å². The smallest absolute Gasteiger partial charge is 0.113 e. The van der Waals surface area contributed by atoms with Crippen LogP contribution in [0.25, 0.3) is 0 Å². The molecule has 3 heteroatoms. The van der Waals surface area contributed by atoms with E-state index < -0.39 is 0 Å². The molecular weight excluding hydrogens is 264 g/mol. The normalized spacial score (nSPS) is 30.5. The Morgan fingerprint density at radius 2 is 2.05 bits per heavy atom. The van der Waals surface area contributed by atoms with Crippen molar-refractivity contribution in [1.29, 1.82) is 0 Å². The van der Waals surface area contributed by atoms with Crippen LogP contribution in [0.3, 0.4) is 0 Å². The lowest BCUT2D eigenvalue weighted by atomic mass is 9.89. The van der Waals surface area contributed by atoms with Crippen LogP contribution in [0.1, 0.15) is 74.9 Å². The van der Waals surface area contributed by atoms with E-state index in [2.05, 4.69) is 26.1 Å². The van der Waals surface area contributed by atoms with Crippen molar-refractivity contribution in [2.75, 3.05) is 0 Å². The lowest BCUT2D eigenvalue weighted by molar-refractivity contribution is 0.263. The average Bonchev–Trinajstić information content (AvgIpc) is 2.91. The highest BCUT2D eigenvalue weighted by Gasteiger charge is 2.38. The highest BCUT2D eigenvalue weighted by molar-refractivity contribution is 7.12. The molecule has 2 aliphatic rings. The maximum absolute atomic E-state index is 5.06. The molecule has 112 valence electrons. The molecule has 0 saturated heterocycles. The van der Waals surface area contributed by atoms with Gasteiger partial charge in [-0.05, 0) is 58.3 Å². The summed E-state index contributed by atoms with van der Waals surface area (Å²) in [7, 11) is 0. The number of nitrogens with zero attached hydrogens (tertiary/aromatic N) is 1. The summed E-state index contributed by atoms with van der Waals surface area (Å²) in [5.74, 6) is 0.873. The molecule has 20 heavy (non-hydrogen) atoms. The minimum Gasteiger partial charge on any atom is -0.303 e. The fraction of sp³-hybridized carbons (Fsp3) is 0.824. The second-order valence-electron chi connectivity index (χ2n) is 7.16. The van der Waals surface area contributed by atoms with Gasteiger partial charge in [-0.2, -0.15) is 0 Å². The summed E-state index contributed by atoms with van der Waals surface area (Å²) in [5.41, 5.74) is 1.57. The van der Waals surface area contributed by atoms with Crippen molar-refractivity contribution in [3.8, 4) is 0 Å². The minimum atomic E-state index is 0.161. The van der Waals surface area contributed by atoms with E-state index in [0.717, 1.165) is 5.92 Å². The fourth-order valence-electron chi connectivity index (χ4n) is 3.88. The largest absolute Gasteiger partial charge is 0.303 e. The van der Waals surface area contributed by atoms with Gasteiger partial charge in [0.15, 0.2) is 0 Å². The zero-order chi connectivity index (χ0) is 14.2. The lowest BCUT2D eigenvalue weighted by Crippen LogP contribution is -2.45. The fourth-order valence-corrected chi connectivity index (χ4v) is 5.24. The topological polar surface area (TPSA) is 24.9 Å². The van der Waals surface area contributed by atoms with Gasteiger partial charge in [-0.15, -0.1) is 11.3 Å². The van der Waals surface area contributed by atoms with Gasteiger partial charge in [0.1, 0.15) is 5.01 Å². The number of nitrogens with one attached hydrogen (secondary N) is 1. The van der Waals surface area contributed by atoms with Crippen molar-refractivity contribution >= 4 is 11.3 Å². The molecule has 0 amide bonds. The summed E-state index contributed by atoms with van der Waals surface area (Å²) in [5, 5.41) is 5.30. The van der Waals surface area contributed by atoms with Gasteiger partial charge in [-0.3, -0.25) is 0 Å². The number of thiazole rings is 1. The standard InChI is InChI=1S/C17H28N2S/c1-12(2)19-17(10-5-6-13(3)9-11-17)16-18-14-7-4-8-15(14)20-16/h12-13,19H,4-11H2,1-3H3. The van der Waals surface area contributed by atoms with Gasteiger partial charge >= 0.3 is 0 Å². The average molecular weight is 292 g/mol. The van der Waals surface area contributed by atoms with Gasteiger partial charge in [-0.1, -0.05) is 19.8 Å². The molecule has 2 aliphatic carbocycles. The summed E-state index contributed by atoms with van der Waals surface area (Å²) in [6.07, 6.45) is 10.4. The molecule has 1 aromatic rings. The van der Waals surface area contributed by atoms with E-state index in [0.29, 0.717) is 6.04 Å². The summed E-state index contributed by atoms with van der Waals surface area (Å²) in [4.78, 5) is 6.63. The Morgan fingerprint density at radius 1 is 1.20 bits per heavy atom. The monoisotopic (exact) mass is 292 g/mol. The predicted molar refractivity (Wildman–Crippen MR) is 86.3 cm³/mol. The molecule has 1 heterocycles. The van der Waals surface area contributed by atoms with E-state index in [9.17, 15) is 0 Å². The molecule has 0 radical (unpaired) electrons. The highest BCUT2D eigenvalue weighted by atomic mass is 32.1. The molecule has 2 nitrogen and oxygen atoms in total. The summed E-state index contributed by atoms with van der Waals surface area (Å²) >= 11 is 2.01. The van der Waals surface area contributed by atoms with Crippen LogP contribution in [0.4, 0.5) is 0 Å². The molecule has 1 saturated carbocycles. The van der Waals surface area contributed by atoms with Crippen molar-refractivity contribution in [2.24, 2.45) is 5.92 Å². The number of aromatic nitrogens is 1. The van der Waals surface area contributed by atoms with Gasteiger partial charge in [0, 0.05) is 10.9 Å². The molecule has 2 atom stereocenters. The van der Waals surface area contributed by atoms with E-state index in [1.165, 1.54) is 62.1 Å². The van der Waals surface area contributed by atoms with Crippen LogP contribution in [0, 0.1) is 5.92 Å². The zero-order valence-electron chi connectivity index (χ0n) is 13.2. The van der Waals surface area contributed by atoms with Crippen LogP contribution < -0.4 is 5.32 Å². The number of hydrogen-bond acceptors (Lipinski definition) is 3. The zero-order valence-corrected chi connectivity index (χ0v) is 14.0. The maximum Gasteiger partial charge on any atom is 0.113 e. The van der Waals surface area contributed by atoms with E-state index in [1.807, 2.05) is 11.3 Å². The number of hydrogen-bond donors (Lipinski definition) is 1. The third-order valence-corrected chi connectivity index (χ3v) is 6.30. The van der Waals surface area contributed by atoms with E-state index >= 15 is 0 Å². The van der Waals surface area contributed by atoms with Crippen LogP contribution in [0.2, 0.25) is 0 Å². The number of rotatable bonds is 3. The van der Waals surface area contributed by atoms with Gasteiger partial charge in [0.2, 0.25) is 0 Å². The molecular formula is C17H28N2S. The molecule has 2 unspecified atom stereocenters. The van der Waals surface area contributed by atoms with Crippen LogP contribution >= 0.6 is 11.3 Å². The van der Waals surface area contributed by atoms with Crippen LogP contribution in [0.5, 0.6) is 0 Å². The summed E-state index contributed by atoms with van der Waals surface area (Å²) < 4.78 is 0. The van der Waals surface area contributed by atoms with Gasteiger partial charge in [0.05, 0.1) is 11.2 Å². The molecule has 0 bridgehead atoms. The quantitative estimate of drug-likeness (QED) is 0.834. The first-order valence-electron chi connectivity index (χ1n) is 8.36. The Hall–Kier alpha value is -0.410. The predicted octanol–water partition coefficient (Wildman–Crippen LogP) is 4.43. The number of fused-ring (bicyclic) bond motifs is 1. The molecule has 3 rings (SSSR count). The first kappa shape index (κ1) is 14.5. The third kappa shape index (κ3) is 2.80. The van der Waals surface area contributed by atoms with Crippen molar-refractivity contribution in [1.82, 2.24) is 10.3 Å². The van der Waals surface area contributed by atoms with Crippen LogP contribution in [0.15, 0.2) is 0 Å². The van der Waals surface area contributed by atoms with Crippen molar-refractivity contribution in [3.63, 3.8) is 0 Å². The Kier molecular flexibility index (Phi) is 4.19. The first-order chi connectivity index (χ1) is 9.59. The summed E-state index contributed by atoms with van der Waals surface area (Å²) in [6.45, 7) is 6.96. The Morgan fingerprint density at radius 3 is 2.80 bits per heavy atom. The lowest BCUT2D eigenvalue weighted by Gasteiger charge is -2.34. The van der Waals surface area contributed by atoms with Crippen molar-refractivity contribution in [2.45, 2.75) is 83.7 Å². The second-order valence-corrected chi connectivity index (χ2v) is 8.24. The maximum atomic E-state index is 5.06. The first-order valence-corrected chi connectivity index (χ1v) is 9.17. The summed E-state index contributed by atoms with van der Waals surface area (Å²) in [6, 6.07) is 0.530. The van der Waals surface area contributed by atoms with Crippen molar-refractivity contribution in [3.05, 3.63) is 15.6 Å². The van der Waals surface area contributed by atoms with E-state index in [1.54, 1.807) is 4.88 Å². The molecule has 0 spiro atoms. The SMILES string of the molecule is CC1CCCC(NC(C)C)(c2nc3c(s2)CCC3)CC1. The molecule has 0 aliphatic heterocycles. The van der Waals surface area contributed by atoms with Gasteiger partial charge in [-0.25, -0.2) is 4.98 Å². The molecule has 0 aromatic carbocycles. The Bertz CT molecular complexity index is 444. The molecule has 1 fully saturated rings. The van der Waals surface area contributed by atoms with Gasteiger partial charge in [0.25, 0.3) is 0 Å². The number of aryl methyl sites for hydroxylation is 2. The molecule has 1 N–H and O–H groups in total. The van der Waals surface area contributed by atoms with Crippen molar-refractivity contribution < 1.29 is 0 Å². The molecule has 1 aromatic heterocycles.